The van der Waals surface area contributed by atoms with Crippen LogP contribution in [0.2, 0.25) is 0 Å². The third kappa shape index (κ3) is 2.77. The van der Waals surface area contributed by atoms with Crippen LogP contribution in [0, 0.1) is 5.92 Å². The van der Waals surface area contributed by atoms with Gasteiger partial charge < -0.3 is 5.32 Å². The van der Waals surface area contributed by atoms with Crippen LogP contribution >= 0.6 is 47.8 Å². The summed E-state index contributed by atoms with van der Waals surface area (Å²) in [5, 5.41) is 3.56. The first-order valence-electron chi connectivity index (χ1n) is 4.97. The Morgan fingerprint density at radius 2 is 1.67 bits per heavy atom. The summed E-state index contributed by atoms with van der Waals surface area (Å²) in [4.78, 5) is 0. The molecule has 82 valence electrons. The molecule has 0 heterocycles. The van der Waals surface area contributed by atoms with Gasteiger partial charge >= 0.3 is 0 Å². The van der Waals surface area contributed by atoms with Crippen molar-refractivity contribution < 1.29 is 0 Å². The maximum atomic E-state index is 3.57. The molecule has 0 bridgehead atoms. The van der Waals surface area contributed by atoms with Crippen LogP contribution in [0.1, 0.15) is 19.8 Å². The predicted molar refractivity (Wildman–Crippen MR) is 75.4 cm³/mol. The molecule has 1 aromatic carbocycles. The molecule has 1 aliphatic rings. The molecule has 0 atom stereocenters. The summed E-state index contributed by atoms with van der Waals surface area (Å²) in [6.45, 7) is 2.30. The van der Waals surface area contributed by atoms with Crippen LogP contribution in [-0.2, 0) is 0 Å². The van der Waals surface area contributed by atoms with Crippen molar-refractivity contribution in [1.29, 1.82) is 0 Å². The molecule has 15 heavy (non-hydrogen) atoms. The first kappa shape index (κ1) is 11.9. The van der Waals surface area contributed by atoms with E-state index in [1.54, 1.807) is 0 Å². The molecule has 0 amide bonds. The zero-order chi connectivity index (χ0) is 11.0. The van der Waals surface area contributed by atoms with Gasteiger partial charge in [0, 0.05) is 19.5 Å². The van der Waals surface area contributed by atoms with Gasteiger partial charge in [-0.3, -0.25) is 0 Å². The lowest BCUT2D eigenvalue weighted by molar-refractivity contribution is 0.309. The molecule has 1 aromatic rings. The minimum Gasteiger partial charge on any atom is -0.380 e. The minimum absolute atomic E-state index is 0.633. The van der Waals surface area contributed by atoms with Gasteiger partial charge in [0.25, 0.3) is 0 Å². The van der Waals surface area contributed by atoms with Gasteiger partial charge in [0.15, 0.2) is 0 Å². The zero-order valence-corrected chi connectivity index (χ0v) is 13.1. The van der Waals surface area contributed by atoms with E-state index >= 15 is 0 Å². The van der Waals surface area contributed by atoms with E-state index in [0.29, 0.717) is 6.04 Å². The Morgan fingerprint density at radius 1 is 1.13 bits per heavy atom. The SMILES string of the molecule is CC1CC(Nc2c(Br)cc(Br)cc2Br)C1. The molecule has 1 N–H and O–H groups in total. The third-order valence-corrected chi connectivity index (χ3v) is 4.44. The molecule has 2 rings (SSSR count). The van der Waals surface area contributed by atoms with E-state index < -0.39 is 0 Å². The first-order chi connectivity index (χ1) is 7.06. The summed E-state index contributed by atoms with van der Waals surface area (Å²) in [6.07, 6.45) is 2.55. The summed E-state index contributed by atoms with van der Waals surface area (Å²) in [5.41, 5.74) is 1.16. The topological polar surface area (TPSA) is 12.0 Å². The van der Waals surface area contributed by atoms with Crippen molar-refractivity contribution in [2.75, 3.05) is 5.32 Å². The number of nitrogens with one attached hydrogen (secondary N) is 1. The largest absolute Gasteiger partial charge is 0.380 e. The summed E-state index contributed by atoms with van der Waals surface area (Å²) < 4.78 is 3.28. The highest BCUT2D eigenvalue weighted by Gasteiger charge is 2.26. The maximum Gasteiger partial charge on any atom is 0.0631 e. The minimum atomic E-state index is 0.633. The Bertz CT molecular complexity index is 349. The standard InChI is InChI=1S/C11H12Br3N/c1-6-2-8(3-6)15-11-9(13)4-7(12)5-10(11)14/h4-6,8,15H,2-3H2,1H3. The lowest BCUT2D eigenvalue weighted by Gasteiger charge is -2.34. The number of hydrogen-bond donors (Lipinski definition) is 1. The Balaban J connectivity index is 2.14. The van der Waals surface area contributed by atoms with Crippen LogP contribution in [0.25, 0.3) is 0 Å². The normalized spacial score (nSPS) is 24.8. The van der Waals surface area contributed by atoms with Gasteiger partial charge in [-0.25, -0.2) is 0 Å². The van der Waals surface area contributed by atoms with Crippen LogP contribution in [0.3, 0.4) is 0 Å². The van der Waals surface area contributed by atoms with Gasteiger partial charge in [-0.2, -0.15) is 0 Å². The van der Waals surface area contributed by atoms with Crippen LogP contribution < -0.4 is 5.32 Å². The summed E-state index contributed by atoms with van der Waals surface area (Å²) in [5.74, 6) is 0.871. The second-order valence-electron chi connectivity index (χ2n) is 4.16. The molecule has 1 saturated carbocycles. The molecule has 1 fully saturated rings. The fraction of sp³-hybridized carbons (Fsp3) is 0.455. The monoisotopic (exact) mass is 395 g/mol. The van der Waals surface area contributed by atoms with E-state index in [2.05, 4.69) is 72.2 Å². The van der Waals surface area contributed by atoms with Crippen molar-refractivity contribution in [2.45, 2.75) is 25.8 Å². The molecule has 1 aliphatic carbocycles. The molecule has 0 aromatic heterocycles. The lowest BCUT2D eigenvalue weighted by atomic mass is 9.82. The van der Waals surface area contributed by atoms with Gasteiger partial charge in [-0.15, -0.1) is 0 Å². The second kappa shape index (κ2) is 4.76. The van der Waals surface area contributed by atoms with Crippen LogP contribution in [0.5, 0.6) is 0 Å². The van der Waals surface area contributed by atoms with Crippen molar-refractivity contribution in [1.82, 2.24) is 0 Å². The molecule has 0 aliphatic heterocycles. The fourth-order valence-electron chi connectivity index (χ4n) is 1.90. The molecule has 0 saturated heterocycles. The predicted octanol–water partition coefficient (Wildman–Crippen LogP) is 5.18. The van der Waals surface area contributed by atoms with E-state index in [0.717, 1.165) is 25.0 Å². The smallest absolute Gasteiger partial charge is 0.0631 e. The molecular formula is C11H12Br3N. The van der Waals surface area contributed by atoms with Gasteiger partial charge in [0.1, 0.15) is 0 Å². The molecule has 1 nitrogen and oxygen atoms in total. The Labute approximate surface area is 115 Å². The number of anilines is 1. The van der Waals surface area contributed by atoms with Gasteiger partial charge in [-0.1, -0.05) is 22.9 Å². The van der Waals surface area contributed by atoms with E-state index in [1.807, 2.05) is 0 Å². The number of rotatable bonds is 2. The second-order valence-corrected chi connectivity index (χ2v) is 6.79. The number of benzene rings is 1. The van der Waals surface area contributed by atoms with Gasteiger partial charge in [0.2, 0.25) is 0 Å². The Hall–Kier alpha value is 0.460. The highest BCUT2D eigenvalue weighted by Crippen LogP contribution is 2.38. The van der Waals surface area contributed by atoms with Crippen molar-refractivity contribution in [3.63, 3.8) is 0 Å². The maximum absolute atomic E-state index is 3.57. The van der Waals surface area contributed by atoms with E-state index in [-0.39, 0.29) is 0 Å². The van der Waals surface area contributed by atoms with Gasteiger partial charge in [0.05, 0.1) is 5.69 Å². The Kier molecular flexibility index (Phi) is 3.79. The lowest BCUT2D eigenvalue weighted by Crippen LogP contribution is -2.33. The molecule has 4 heteroatoms. The van der Waals surface area contributed by atoms with Gasteiger partial charge in [-0.05, 0) is 62.8 Å². The average molecular weight is 398 g/mol. The van der Waals surface area contributed by atoms with Crippen molar-refractivity contribution in [2.24, 2.45) is 5.92 Å². The van der Waals surface area contributed by atoms with Crippen molar-refractivity contribution >= 4 is 53.5 Å². The fourth-order valence-corrected chi connectivity index (χ4v) is 4.39. The van der Waals surface area contributed by atoms with E-state index in [1.165, 1.54) is 12.8 Å². The summed E-state index contributed by atoms with van der Waals surface area (Å²) in [7, 11) is 0. The molecule has 0 spiro atoms. The quantitative estimate of drug-likeness (QED) is 0.724. The zero-order valence-electron chi connectivity index (χ0n) is 8.36. The van der Waals surface area contributed by atoms with Crippen molar-refractivity contribution in [3.05, 3.63) is 25.6 Å². The average Bonchev–Trinajstić information content (AvgIpc) is 2.07. The van der Waals surface area contributed by atoms with Crippen LogP contribution in [0.4, 0.5) is 5.69 Å². The number of halogens is 3. The molecule has 0 radical (unpaired) electrons. The molecule has 0 unspecified atom stereocenters. The van der Waals surface area contributed by atoms with E-state index in [4.69, 9.17) is 0 Å². The highest BCUT2D eigenvalue weighted by atomic mass is 79.9. The summed E-state index contributed by atoms with van der Waals surface area (Å²) >= 11 is 10.6. The van der Waals surface area contributed by atoms with Crippen LogP contribution in [0.15, 0.2) is 25.6 Å². The highest BCUT2D eigenvalue weighted by molar-refractivity contribution is 9.11. The number of hydrogen-bond acceptors (Lipinski definition) is 1. The summed E-state index contributed by atoms with van der Waals surface area (Å²) in [6, 6.07) is 4.76. The van der Waals surface area contributed by atoms with Crippen molar-refractivity contribution in [3.8, 4) is 0 Å². The Morgan fingerprint density at radius 3 is 2.13 bits per heavy atom. The first-order valence-corrected chi connectivity index (χ1v) is 7.35. The van der Waals surface area contributed by atoms with Crippen LogP contribution in [-0.4, -0.2) is 6.04 Å². The molecular weight excluding hydrogens is 386 g/mol. The van der Waals surface area contributed by atoms with E-state index in [9.17, 15) is 0 Å². The third-order valence-electron chi connectivity index (χ3n) is 2.73.